The highest BCUT2D eigenvalue weighted by atomic mass is 35.5. The molecule has 0 bridgehead atoms. The van der Waals surface area contributed by atoms with Gasteiger partial charge in [0.15, 0.2) is 5.15 Å². The summed E-state index contributed by atoms with van der Waals surface area (Å²) in [5.74, 6) is 0.515. The van der Waals surface area contributed by atoms with Crippen LogP contribution in [0.4, 0.5) is 0 Å². The standard InChI is InChI=1S/C12H18ClN3/c1-9(2)16-7-3-4-10(8-16)11-5-6-12(13)15-14-11/h5-6,9-10H,3-4,7-8H2,1-2H3. The summed E-state index contributed by atoms with van der Waals surface area (Å²) in [6.45, 7) is 6.79. The van der Waals surface area contributed by atoms with Gasteiger partial charge in [0.2, 0.25) is 0 Å². The Morgan fingerprint density at radius 1 is 1.38 bits per heavy atom. The zero-order valence-corrected chi connectivity index (χ0v) is 10.6. The van der Waals surface area contributed by atoms with Crippen molar-refractivity contribution in [2.45, 2.75) is 38.6 Å². The van der Waals surface area contributed by atoms with Crippen LogP contribution >= 0.6 is 11.6 Å². The molecule has 0 spiro atoms. The molecule has 0 aromatic carbocycles. The summed E-state index contributed by atoms with van der Waals surface area (Å²) in [7, 11) is 0. The topological polar surface area (TPSA) is 29.0 Å². The summed E-state index contributed by atoms with van der Waals surface area (Å²) in [6.07, 6.45) is 2.45. The largest absolute Gasteiger partial charge is 0.300 e. The van der Waals surface area contributed by atoms with Gasteiger partial charge in [0.25, 0.3) is 0 Å². The van der Waals surface area contributed by atoms with E-state index in [1.165, 1.54) is 19.4 Å². The molecule has 0 radical (unpaired) electrons. The molecule has 1 saturated heterocycles. The molecule has 1 atom stereocenters. The minimum atomic E-state index is 0.472. The smallest absolute Gasteiger partial charge is 0.151 e. The molecule has 0 amide bonds. The van der Waals surface area contributed by atoms with Crippen LogP contribution in [-0.4, -0.2) is 34.2 Å². The quantitative estimate of drug-likeness (QED) is 0.795. The van der Waals surface area contributed by atoms with Crippen molar-refractivity contribution in [2.75, 3.05) is 13.1 Å². The van der Waals surface area contributed by atoms with Gasteiger partial charge >= 0.3 is 0 Å². The van der Waals surface area contributed by atoms with E-state index in [1.54, 1.807) is 0 Å². The van der Waals surface area contributed by atoms with Crippen molar-refractivity contribution in [3.05, 3.63) is 23.0 Å². The van der Waals surface area contributed by atoms with Gasteiger partial charge in [-0.15, -0.1) is 5.10 Å². The van der Waals surface area contributed by atoms with Crippen LogP contribution in [0.25, 0.3) is 0 Å². The summed E-state index contributed by atoms with van der Waals surface area (Å²) in [5, 5.41) is 8.58. The van der Waals surface area contributed by atoms with Gasteiger partial charge in [-0.05, 0) is 45.4 Å². The van der Waals surface area contributed by atoms with Gasteiger partial charge in [-0.25, -0.2) is 0 Å². The van der Waals surface area contributed by atoms with Gasteiger partial charge in [-0.3, -0.25) is 0 Å². The monoisotopic (exact) mass is 239 g/mol. The van der Waals surface area contributed by atoms with Gasteiger partial charge in [0.1, 0.15) is 0 Å². The van der Waals surface area contributed by atoms with Crippen molar-refractivity contribution >= 4 is 11.6 Å². The molecule has 16 heavy (non-hydrogen) atoms. The lowest BCUT2D eigenvalue weighted by molar-refractivity contribution is 0.166. The molecule has 1 aromatic rings. The fourth-order valence-corrected chi connectivity index (χ4v) is 2.36. The number of piperidine rings is 1. The molecule has 4 heteroatoms. The SMILES string of the molecule is CC(C)N1CCCC(c2ccc(Cl)nn2)C1. The molecule has 3 nitrogen and oxygen atoms in total. The Labute approximate surface area is 102 Å². The van der Waals surface area contributed by atoms with Crippen molar-refractivity contribution in [3.8, 4) is 0 Å². The number of halogens is 1. The fraction of sp³-hybridized carbons (Fsp3) is 0.667. The van der Waals surface area contributed by atoms with Crippen molar-refractivity contribution in [1.82, 2.24) is 15.1 Å². The maximum absolute atomic E-state index is 5.75. The summed E-state index contributed by atoms with van der Waals surface area (Å²) >= 11 is 5.75. The molecule has 1 aliphatic heterocycles. The number of rotatable bonds is 2. The third kappa shape index (κ3) is 2.71. The Balaban J connectivity index is 2.06. The van der Waals surface area contributed by atoms with Gasteiger partial charge in [0, 0.05) is 18.5 Å². The second-order valence-electron chi connectivity index (χ2n) is 4.71. The maximum Gasteiger partial charge on any atom is 0.151 e. The van der Waals surface area contributed by atoms with Crippen LogP contribution in [0.3, 0.4) is 0 Å². The van der Waals surface area contributed by atoms with Crippen molar-refractivity contribution in [1.29, 1.82) is 0 Å². The van der Waals surface area contributed by atoms with E-state index >= 15 is 0 Å². The highest BCUT2D eigenvalue weighted by Crippen LogP contribution is 2.26. The lowest BCUT2D eigenvalue weighted by atomic mass is 9.94. The first-order valence-corrected chi connectivity index (χ1v) is 6.28. The molecular formula is C12H18ClN3. The average molecular weight is 240 g/mol. The lowest BCUT2D eigenvalue weighted by Gasteiger charge is -2.34. The van der Waals surface area contributed by atoms with Crippen molar-refractivity contribution in [3.63, 3.8) is 0 Å². The molecule has 88 valence electrons. The third-order valence-corrected chi connectivity index (χ3v) is 3.46. The molecule has 0 aliphatic carbocycles. The van der Waals surface area contributed by atoms with E-state index < -0.39 is 0 Å². The zero-order chi connectivity index (χ0) is 11.5. The Hall–Kier alpha value is -0.670. The number of likely N-dealkylation sites (tertiary alicyclic amines) is 1. The van der Waals surface area contributed by atoms with Crippen molar-refractivity contribution < 1.29 is 0 Å². The summed E-state index contributed by atoms with van der Waals surface area (Å²) < 4.78 is 0. The second-order valence-corrected chi connectivity index (χ2v) is 5.10. The lowest BCUT2D eigenvalue weighted by Crippen LogP contribution is -2.39. The van der Waals surface area contributed by atoms with Crippen LogP contribution in [0.2, 0.25) is 5.15 Å². The van der Waals surface area contributed by atoms with Crippen LogP contribution < -0.4 is 0 Å². The van der Waals surface area contributed by atoms with Crippen molar-refractivity contribution in [2.24, 2.45) is 0 Å². The highest BCUT2D eigenvalue weighted by Gasteiger charge is 2.23. The summed E-state index contributed by atoms with van der Waals surface area (Å²) in [5.41, 5.74) is 1.08. The van der Waals surface area contributed by atoms with E-state index in [-0.39, 0.29) is 0 Å². The Kier molecular flexibility index (Phi) is 3.77. The minimum absolute atomic E-state index is 0.472. The Bertz CT molecular complexity index is 337. The number of nitrogens with zero attached hydrogens (tertiary/aromatic N) is 3. The fourth-order valence-electron chi connectivity index (χ4n) is 2.26. The maximum atomic E-state index is 5.75. The van der Waals surface area contributed by atoms with E-state index in [4.69, 9.17) is 11.6 Å². The summed E-state index contributed by atoms with van der Waals surface area (Å²) in [4.78, 5) is 2.50. The van der Waals surface area contributed by atoms with E-state index in [2.05, 4.69) is 28.9 Å². The predicted molar refractivity (Wildman–Crippen MR) is 65.7 cm³/mol. The molecule has 1 fully saturated rings. The molecule has 1 unspecified atom stereocenters. The normalized spacial score (nSPS) is 22.6. The highest BCUT2D eigenvalue weighted by molar-refractivity contribution is 6.29. The number of aromatic nitrogens is 2. The molecule has 1 aliphatic rings. The van der Waals surface area contributed by atoms with E-state index in [1.807, 2.05) is 12.1 Å². The Morgan fingerprint density at radius 3 is 2.81 bits per heavy atom. The second kappa shape index (κ2) is 5.11. The molecule has 1 aromatic heterocycles. The average Bonchev–Trinajstić information content (AvgIpc) is 2.30. The van der Waals surface area contributed by atoms with Gasteiger partial charge in [0.05, 0.1) is 5.69 Å². The van der Waals surface area contributed by atoms with E-state index in [0.29, 0.717) is 17.1 Å². The van der Waals surface area contributed by atoms with Crippen LogP contribution in [0.1, 0.15) is 38.3 Å². The zero-order valence-electron chi connectivity index (χ0n) is 9.86. The van der Waals surface area contributed by atoms with Gasteiger partial charge in [-0.1, -0.05) is 11.6 Å². The molecular weight excluding hydrogens is 222 g/mol. The van der Waals surface area contributed by atoms with Crippen LogP contribution in [0, 0.1) is 0 Å². The Morgan fingerprint density at radius 2 is 2.19 bits per heavy atom. The van der Waals surface area contributed by atoms with Crippen LogP contribution in [-0.2, 0) is 0 Å². The van der Waals surface area contributed by atoms with Gasteiger partial charge < -0.3 is 4.90 Å². The van der Waals surface area contributed by atoms with Gasteiger partial charge in [-0.2, -0.15) is 5.10 Å². The van der Waals surface area contributed by atoms with E-state index in [0.717, 1.165) is 12.2 Å². The minimum Gasteiger partial charge on any atom is -0.300 e. The van der Waals surface area contributed by atoms with E-state index in [9.17, 15) is 0 Å². The van der Waals surface area contributed by atoms with Crippen LogP contribution in [0.15, 0.2) is 12.1 Å². The molecule has 2 heterocycles. The first-order valence-electron chi connectivity index (χ1n) is 5.90. The number of hydrogen-bond donors (Lipinski definition) is 0. The first kappa shape index (κ1) is 11.8. The first-order chi connectivity index (χ1) is 7.66. The molecule has 0 N–H and O–H groups in total. The number of hydrogen-bond acceptors (Lipinski definition) is 3. The molecule has 2 rings (SSSR count). The predicted octanol–water partition coefficient (Wildman–Crippen LogP) is 2.72. The summed E-state index contributed by atoms with van der Waals surface area (Å²) in [6, 6.07) is 4.45. The third-order valence-electron chi connectivity index (χ3n) is 3.25. The van der Waals surface area contributed by atoms with Crippen LogP contribution in [0.5, 0.6) is 0 Å². The molecule has 0 saturated carbocycles.